The van der Waals surface area contributed by atoms with Gasteiger partial charge < -0.3 is 15.3 Å². The first kappa shape index (κ1) is 16.5. The van der Waals surface area contributed by atoms with Gasteiger partial charge >= 0.3 is 5.97 Å². The molecule has 112 valence electrons. The number of hydrogen-bond donors (Lipinski definition) is 2. The molecular formula is C16H26N2O2. The normalized spacial score (nSPS) is 13.8. The summed E-state index contributed by atoms with van der Waals surface area (Å²) in [4.78, 5) is 13.7. The lowest BCUT2D eigenvalue weighted by Gasteiger charge is -2.30. The van der Waals surface area contributed by atoms with Gasteiger partial charge in [0.1, 0.15) is 5.54 Å². The minimum absolute atomic E-state index is 0.574. The van der Waals surface area contributed by atoms with Crippen LogP contribution in [0.1, 0.15) is 33.6 Å². The molecule has 0 aliphatic rings. The number of hydrogen-bond acceptors (Lipinski definition) is 3. The quantitative estimate of drug-likeness (QED) is 0.729. The maximum Gasteiger partial charge on any atom is 0.323 e. The summed E-state index contributed by atoms with van der Waals surface area (Å²) in [6.07, 6.45) is 1.50. The topological polar surface area (TPSA) is 52.6 Å². The summed E-state index contributed by atoms with van der Waals surface area (Å²) in [5.74, 6) is -0.782. The molecule has 1 atom stereocenters. The zero-order valence-corrected chi connectivity index (χ0v) is 12.7. The third-order valence-corrected chi connectivity index (χ3v) is 3.62. The van der Waals surface area contributed by atoms with Crippen LogP contribution in [0, 0.1) is 0 Å². The predicted molar refractivity (Wildman–Crippen MR) is 83.3 cm³/mol. The Bertz CT molecular complexity index is 408. The van der Waals surface area contributed by atoms with Gasteiger partial charge in [-0.15, -0.1) is 0 Å². The van der Waals surface area contributed by atoms with E-state index in [4.69, 9.17) is 0 Å². The first-order valence-corrected chi connectivity index (χ1v) is 7.32. The molecule has 0 fully saturated rings. The fourth-order valence-corrected chi connectivity index (χ4v) is 2.14. The molecule has 0 bridgehead atoms. The van der Waals surface area contributed by atoms with Crippen LogP contribution in [0.2, 0.25) is 0 Å². The number of carbonyl (C=O) groups is 1. The largest absolute Gasteiger partial charge is 0.480 e. The molecule has 0 aliphatic heterocycles. The lowest BCUT2D eigenvalue weighted by molar-refractivity contribution is -0.144. The average Bonchev–Trinajstić information content (AvgIpc) is 2.46. The second-order valence-corrected chi connectivity index (χ2v) is 5.23. The molecule has 1 aromatic rings. The van der Waals surface area contributed by atoms with Crippen molar-refractivity contribution >= 4 is 11.7 Å². The number of para-hydroxylation sites is 1. The Labute approximate surface area is 121 Å². The van der Waals surface area contributed by atoms with Gasteiger partial charge in [-0.3, -0.25) is 4.79 Å². The predicted octanol–water partition coefficient (Wildman–Crippen LogP) is 2.75. The summed E-state index contributed by atoms with van der Waals surface area (Å²) < 4.78 is 0. The molecule has 4 heteroatoms. The van der Waals surface area contributed by atoms with Gasteiger partial charge in [0.25, 0.3) is 0 Å². The SMILES string of the molecule is CCCNC(C)(CCN(CC)c1ccccc1)C(=O)O. The minimum Gasteiger partial charge on any atom is -0.480 e. The highest BCUT2D eigenvalue weighted by Gasteiger charge is 2.32. The van der Waals surface area contributed by atoms with E-state index in [1.165, 1.54) is 0 Å². The fourth-order valence-electron chi connectivity index (χ4n) is 2.14. The number of benzene rings is 1. The second-order valence-electron chi connectivity index (χ2n) is 5.23. The van der Waals surface area contributed by atoms with E-state index in [0.717, 1.165) is 31.7 Å². The Hall–Kier alpha value is -1.55. The first-order valence-electron chi connectivity index (χ1n) is 7.32. The van der Waals surface area contributed by atoms with Crippen LogP contribution in [0.5, 0.6) is 0 Å². The average molecular weight is 278 g/mol. The Morgan fingerprint density at radius 1 is 1.30 bits per heavy atom. The maximum atomic E-state index is 11.5. The van der Waals surface area contributed by atoms with Gasteiger partial charge in [-0.1, -0.05) is 25.1 Å². The van der Waals surface area contributed by atoms with Crippen molar-refractivity contribution in [3.05, 3.63) is 30.3 Å². The van der Waals surface area contributed by atoms with Crippen LogP contribution in [0.25, 0.3) is 0 Å². The zero-order chi connectivity index (χ0) is 15.0. The molecule has 0 spiro atoms. The molecule has 1 aromatic carbocycles. The number of aliphatic carboxylic acids is 1. The van der Waals surface area contributed by atoms with Crippen LogP contribution in [0.4, 0.5) is 5.69 Å². The van der Waals surface area contributed by atoms with Gasteiger partial charge in [0, 0.05) is 18.8 Å². The highest BCUT2D eigenvalue weighted by Crippen LogP contribution is 2.17. The van der Waals surface area contributed by atoms with E-state index in [9.17, 15) is 9.90 Å². The van der Waals surface area contributed by atoms with Crippen LogP contribution in [-0.2, 0) is 4.79 Å². The van der Waals surface area contributed by atoms with E-state index in [1.54, 1.807) is 6.92 Å². The van der Waals surface area contributed by atoms with Crippen molar-refractivity contribution in [3.63, 3.8) is 0 Å². The van der Waals surface area contributed by atoms with E-state index in [1.807, 2.05) is 25.1 Å². The third kappa shape index (κ3) is 4.53. The monoisotopic (exact) mass is 278 g/mol. The highest BCUT2D eigenvalue weighted by molar-refractivity contribution is 5.78. The fraction of sp³-hybridized carbons (Fsp3) is 0.562. The molecule has 0 saturated heterocycles. The third-order valence-electron chi connectivity index (χ3n) is 3.62. The van der Waals surface area contributed by atoms with Crippen LogP contribution in [0.3, 0.4) is 0 Å². The van der Waals surface area contributed by atoms with Crippen molar-refractivity contribution in [2.75, 3.05) is 24.5 Å². The highest BCUT2D eigenvalue weighted by atomic mass is 16.4. The molecule has 0 aliphatic carbocycles. The van der Waals surface area contributed by atoms with E-state index in [-0.39, 0.29) is 0 Å². The van der Waals surface area contributed by atoms with Crippen molar-refractivity contribution in [1.29, 1.82) is 0 Å². The van der Waals surface area contributed by atoms with Crippen LogP contribution in [-0.4, -0.2) is 36.2 Å². The van der Waals surface area contributed by atoms with Crippen molar-refractivity contribution in [2.24, 2.45) is 0 Å². The lowest BCUT2D eigenvalue weighted by atomic mass is 9.97. The van der Waals surface area contributed by atoms with Crippen molar-refractivity contribution < 1.29 is 9.90 Å². The molecule has 20 heavy (non-hydrogen) atoms. The Morgan fingerprint density at radius 3 is 2.45 bits per heavy atom. The molecule has 1 rings (SSSR count). The van der Waals surface area contributed by atoms with Gasteiger partial charge in [-0.2, -0.15) is 0 Å². The molecule has 4 nitrogen and oxygen atoms in total. The second kappa shape index (κ2) is 7.90. The first-order chi connectivity index (χ1) is 9.53. The summed E-state index contributed by atoms with van der Waals surface area (Å²) in [5, 5.41) is 12.6. The molecular weight excluding hydrogens is 252 g/mol. The summed E-state index contributed by atoms with van der Waals surface area (Å²) in [6.45, 7) is 8.21. The summed E-state index contributed by atoms with van der Waals surface area (Å²) >= 11 is 0. The van der Waals surface area contributed by atoms with Crippen LogP contribution < -0.4 is 10.2 Å². The number of rotatable bonds is 9. The Morgan fingerprint density at radius 2 is 1.95 bits per heavy atom. The summed E-state index contributed by atoms with van der Waals surface area (Å²) in [5.41, 5.74) is 0.274. The zero-order valence-electron chi connectivity index (χ0n) is 12.7. The number of nitrogens with one attached hydrogen (secondary N) is 1. The standard InChI is InChI=1S/C16H26N2O2/c1-4-12-17-16(3,15(19)20)11-13-18(5-2)14-9-7-6-8-10-14/h6-10,17H,4-5,11-13H2,1-3H3,(H,19,20). The number of nitrogens with zero attached hydrogens (tertiary/aromatic N) is 1. The van der Waals surface area contributed by atoms with Crippen LogP contribution >= 0.6 is 0 Å². The Balaban J connectivity index is 2.68. The van der Waals surface area contributed by atoms with E-state index < -0.39 is 11.5 Å². The number of carboxylic acid groups (broad SMARTS) is 1. The molecule has 1 unspecified atom stereocenters. The summed E-state index contributed by atoms with van der Waals surface area (Å²) in [7, 11) is 0. The van der Waals surface area contributed by atoms with Crippen molar-refractivity contribution in [2.45, 2.75) is 39.2 Å². The van der Waals surface area contributed by atoms with Gasteiger partial charge in [-0.25, -0.2) is 0 Å². The van der Waals surface area contributed by atoms with Gasteiger partial charge in [0.05, 0.1) is 0 Å². The van der Waals surface area contributed by atoms with Gasteiger partial charge in [0.2, 0.25) is 0 Å². The summed E-state index contributed by atoms with van der Waals surface area (Å²) in [6, 6.07) is 10.1. The molecule has 0 radical (unpaired) electrons. The van der Waals surface area contributed by atoms with Crippen molar-refractivity contribution in [1.82, 2.24) is 5.32 Å². The molecule has 0 aromatic heterocycles. The Kier molecular flexibility index (Phi) is 6.52. The smallest absolute Gasteiger partial charge is 0.323 e. The van der Waals surface area contributed by atoms with Gasteiger partial charge in [0.15, 0.2) is 0 Å². The number of carboxylic acids is 1. The molecule has 0 amide bonds. The van der Waals surface area contributed by atoms with E-state index in [2.05, 4.69) is 29.3 Å². The maximum absolute atomic E-state index is 11.5. The van der Waals surface area contributed by atoms with Gasteiger partial charge in [-0.05, 0) is 45.4 Å². The van der Waals surface area contributed by atoms with Crippen LogP contribution in [0.15, 0.2) is 30.3 Å². The number of anilines is 1. The molecule has 2 N–H and O–H groups in total. The molecule has 0 saturated carbocycles. The lowest BCUT2D eigenvalue weighted by Crippen LogP contribution is -2.51. The van der Waals surface area contributed by atoms with E-state index in [0.29, 0.717) is 6.42 Å². The van der Waals surface area contributed by atoms with Crippen molar-refractivity contribution in [3.8, 4) is 0 Å². The molecule has 0 heterocycles. The van der Waals surface area contributed by atoms with E-state index >= 15 is 0 Å². The minimum atomic E-state index is -0.863.